The minimum absolute atomic E-state index is 0.135. The number of thiazole rings is 1. The van der Waals surface area contributed by atoms with Gasteiger partial charge in [0.2, 0.25) is 0 Å². The lowest BCUT2D eigenvalue weighted by atomic mass is 9.93. The molecular formula is C17H24N2S. The molecule has 1 aromatic heterocycles. The molecule has 0 saturated heterocycles. The molecule has 0 radical (unpaired) electrons. The molecule has 1 aromatic carbocycles. The molecule has 108 valence electrons. The third-order valence-electron chi connectivity index (χ3n) is 3.26. The third-order valence-corrected chi connectivity index (χ3v) is 4.11. The highest BCUT2D eigenvalue weighted by Gasteiger charge is 2.17. The van der Waals surface area contributed by atoms with Crippen molar-refractivity contribution in [2.45, 2.75) is 52.5 Å². The van der Waals surface area contributed by atoms with E-state index in [2.05, 4.69) is 62.7 Å². The first-order valence-electron chi connectivity index (χ1n) is 7.26. The number of rotatable bonds is 5. The summed E-state index contributed by atoms with van der Waals surface area (Å²) in [6.45, 7) is 9.61. The van der Waals surface area contributed by atoms with Gasteiger partial charge in [0.25, 0.3) is 0 Å². The fourth-order valence-corrected chi connectivity index (χ4v) is 2.95. The number of nitrogens with zero attached hydrogens (tertiary/aromatic N) is 1. The van der Waals surface area contributed by atoms with Crippen LogP contribution in [0.4, 0.5) is 5.69 Å². The van der Waals surface area contributed by atoms with Gasteiger partial charge in [0.1, 0.15) is 5.01 Å². The summed E-state index contributed by atoms with van der Waals surface area (Å²) in [4.78, 5) is 4.70. The number of aromatic nitrogens is 1. The molecule has 3 heteroatoms. The summed E-state index contributed by atoms with van der Waals surface area (Å²) in [7, 11) is 0. The Bertz CT molecular complexity index is 535. The molecule has 0 saturated carbocycles. The van der Waals surface area contributed by atoms with E-state index in [1.807, 2.05) is 0 Å². The van der Waals surface area contributed by atoms with Crippen LogP contribution < -0.4 is 5.32 Å². The lowest BCUT2D eigenvalue weighted by Gasteiger charge is -2.14. The van der Waals surface area contributed by atoms with Gasteiger partial charge < -0.3 is 5.32 Å². The maximum Gasteiger partial charge on any atom is 0.112 e. The Labute approximate surface area is 126 Å². The van der Waals surface area contributed by atoms with Gasteiger partial charge in [-0.05, 0) is 24.1 Å². The second-order valence-corrected chi connectivity index (χ2v) is 7.12. The smallest absolute Gasteiger partial charge is 0.112 e. The summed E-state index contributed by atoms with van der Waals surface area (Å²) in [6.07, 6.45) is 2.35. The third kappa shape index (κ3) is 4.07. The highest BCUT2D eigenvalue weighted by atomic mass is 32.1. The van der Waals surface area contributed by atoms with Crippen molar-refractivity contribution in [3.8, 4) is 0 Å². The summed E-state index contributed by atoms with van der Waals surface area (Å²) in [5.74, 6) is 0. The molecule has 0 atom stereocenters. The summed E-state index contributed by atoms with van der Waals surface area (Å²) in [6, 6.07) is 8.72. The minimum Gasteiger partial charge on any atom is -0.379 e. The SMILES string of the molecule is CCCc1ccc(NCc2nc(C(C)(C)C)cs2)cc1. The molecule has 20 heavy (non-hydrogen) atoms. The summed E-state index contributed by atoms with van der Waals surface area (Å²) < 4.78 is 0. The normalized spacial score (nSPS) is 11.6. The Morgan fingerprint density at radius 2 is 1.85 bits per heavy atom. The molecule has 0 aliphatic heterocycles. The molecule has 1 N–H and O–H groups in total. The van der Waals surface area contributed by atoms with E-state index in [0.29, 0.717) is 0 Å². The molecule has 0 bridgehead atoms. The molecule has 0 fully saturated rings. The van der Waals surface area contributed by atoms with E-state index >= 15 is 0 Å². The van der Waals surface area contributed by atoms with Crippen molar-refractivity contribution in [3.05, 3.63) is 45.9 Å². The van der Waals surface area contributed by atoms with Gasteiger partial charge in [-0.3, -0.25) is 0 Å². The number of hydrogen-bond acceptors (Lipinski definition) is 3. The van der Waals surface area contributed by atoms with Gasteiger partial charge >= 0.3 is 0 Å². The van der Waals surface area contributed by atoms with Crippen LogP contribution in [0.15, 0.2) is 29.6 Å². The summed E-state index contributed by atoms with van der Waals surface area (Å²) in [5.41, 5.74) is 3.88. The maximum absolute atomic E-state index is 4.70. The number of nitrogens with one attached hydrogen (secondary N) is 1. The van der Waals surface area contributed by atoms with Crippen molar-refractivity contribution in [1.82, 2.24) is 4.98 Å². The Morgan fingerprint density at radius 3 is 2.40 bits per heavy atom. The molecule has 2 nitrogen and oxygen atoms in total. The van der Waals surface area contributed by atoms with Crippen molar-refractivity contribution >= 4 is 17.0 Å². The van der Waals surface area contributed by atoms with Crippen molar-refractivity contribution < 1.29 is 0 Å². The predicted molar refractivity (Wildman–Crippen MR) is 88.6 cm³/mol. The highest BCUT2D eigenvalue weighted by molar-refractivity contribution is 7.09. The molecule has 2 rings (SSSR count). The molecule has 1 heterocycles. The first-order chi connectivity index (χ1) is 9.49. The summed E-state index contributed by atoms with van der Waals surface area (Å²) >= 11 is 1.73. The largest absolute Gasteiger partial charge is 0.379 e. The zero-order valence-corrected chi connectivity index (χ0v) is 13.7. The van der Waals surface area contributed by atoms with Gasteiger partial charge in [-0.1, -0.05) is 46.2 Å². The van der Waals surface area contributed by atoms with Crippen molar-refractivity contribution in [1.29, 1.82) is 0 Å². The fourth-order valence-electron chi connectivity index (χ4n) is 1.99. The van der Waals surface area contributed by atoms with Gasteiger partial charge in [0, 0.05) is 16.5 Å². The quantitative estimate of drug-likeness (QED) is 0.837. The molecule has 2 aromatic rings. The van der Waals surface area contributed by atoms with Crippen LogP contribution in [0, 0.1) is 0 Å². The summed E-state index contributed by atoms with van der Waals surface area (Å²) in [5, 5.41) is 6.76. The molecule has 0 aliphatic rings. The predicted octanol–water partition coefficient (Wildman–Crippen LogP) is 5.01. The van der Waals surface area contributed by atoms with Crippen LogP contribution in [0.5, 0.6) is 0 Å². The minimum atomic E-state index is 0.135. The van der Waals surface area contributed by atoms with Crippen molar-refractivity contribution in [2.24, 2.45) is 0 Å². The number of aryl methyl sites for hydroxylation is 1. The Morgan fingerprint density at radius 1 is 1.15 bits per heavy atom. The van der Waals surface area contributed by atoms with E-state index in [9.17, 15) is 0 Å². The fraction of sp³-hybridized carbons (Fsp3) is 0.471. The zero-order chi connectivity index (χ0) is 14.6. The van der Waals surface area contributed by atoms with Crippen LogP contribution in [-0.2, 0) is 18.4 Å². The number of anilines is 1. The van der Waals surface area contributed by atoms with Crippen molar-refractivity contribution in [3.63, 3.8) is 0 Å². The monoisotopic (exact) mass is 288 g/mol. The Hall–Kier alpha value is -1.35. The maximum atomic E-state index is 4.70. The second kappa shape index (κ2) is 6.40. The van der Waals surface area contributed by atoms with Crippen LogP contribution >= 0.6 is 11.3 Å². The Kier molecular flexibility index (Phi) is 4.81. The number of benzene rings is 1. The zero-order valence-electron chi connectivity index (χ0n) is 12.9. The average Bonchev–Trinajstić information content (AvgIpc) is 2.87. The van der Waals surface area contributed by atoms with E-state index in [-0.39, 0.29) is 5.41 Å². The number of hydrogen-bond donors (Lipinski definition) is 1. The second-order valence-electron chi connectivity index (χ2n) is 6.18. The van der Waals surface area contributed by atoms with Gasteiger partial charge in [-0.15, -0.1) is 11.3 Å². The molecule has 0 amide bonds. The van der Waals surface area contributed by atoms with Gasteiger partial charge in [-0.25, -0.2) is 4.98 Å². The Balaban J connectivity index is 1.93. The van der Waals surface area contributed by atoms with Crippen LogP contribution in [0.1, 0.15) is 50.4 Å². The molecule has 0 unspecified atom stereocenters. The first-order valence-corrected chi connectivity index (χ1v) is 8.14. The topological polar surface area (TPSA) is 24.9 Å². The lowest BCUT2D eigenvalue weighted by molar-refractivity contribution is 0.571. The highest BCUT2D eigenvalue weighted by Crippen LogP contribution is 2.24. The van der Waals surface area contributed by atoms with Gasteiger partial charge in [0.05, 0.1) is 12.2 Å². The van der Waals surface area contributed by atoms with E-state index in [1.54, 1.807) is 11.3 Å². The van der Waals surface area contributed by atoms with Crippen LogP contribution in [0.2, 0.25) is 0 Å². The van der Waals surface area contributed by atoms with Gasteiger partial charge in [0.15, 0.2) is 0 Å². The van der Waals surface area contributed by atoms with E-state index in [4.69, 9.17) is 4.98 Å². The van der Waals surface area contributed by atoms with E-state index in [1.165, 1.54) is 17.7 Å². The van der Waals surface area contributed by atoms with Crippen molar-refractivity contribution in [2.75, 3.05) is 5.32 Å². The van der Waals surface area contributed by atoms with Crippen LogP contribution in [-0.4, -0.2) is 4.98 Å². The average molecular weight is 288 g/mol. The molecule has 0 spiro atoms. The lowest BCUT2D eigenvalue weighted by Crippen LogP contribution is -2.11. The van der Waals surface area contributed by atoms with E-state index in [0.717, 1.165) is 23.7 Å². The van der Waals surface area contributed by atoms with E-state index < -0.39 is 0 Å². The van der Waals surface area contributed by atoms with Gasteiger partial charge in [-0.2, -0.15) is 0 Å². The molecular weight excluding hydrogens is 264 g/mol. The van der Waals surface area contributed by atoms with Crippen LogP contribution in [0.3, 0.4) is 0 Å². The molecule has 0 aliphatic carbocycles. The first kappa shape index (κ1) is 15.0. The standard InChI is InChI=1S/C17H24N2S/c1-5-6-13-7-9-14(10-8-13)18-11-16-19-15(12-20-16)17(2,3)4/h7-10,12,18H,5-6,11H2,1-4H3. The van der Waals surface area contributed by atoms with Crippen LogP contribution in [0.25, 0.3) is 0 Å².